The van der Waals surface area contributed by atoms with Gasteiger partial charge in [0.2, 0.25) is 0 Å². The molecule has 1 heterocycles. The minimum absolute atomic E-state index is 1.11. The van der Waals surface area contributed by atoms with E-state index >= 15 is 0 Å². The highest BCUT2D eigenvalue weighted by molar-refractivity contribution is 6.16. The molecule has 2 heteroatoms. The lowest BCUT2D eigenvalue weighted by atomic mass is 9.98. The van der Waals surface area contributed by atoms with Crippen LogP contribution >= 0.6 is 0 Å². The van der Waals surface area contributed by atoms with Gasteiger partial charge in [-0.1, -0.05) is 133 Å². The third kappa shape index (κ3) is 4.83. The molecule has 0 N–H and O–H groups in total. The molecule has 9 aromatic rings. The van der Waals surface area contributed by atoms with E-state index in [1.807, 2.05) is 0 Å². The van der Waals surface area contributed by atoms with Crippen molar-refractivity contribution in [2.24, 2.45) is 0 Å². The van der Waals surface area contributed by atoms with Crippen LogP contribution in [0.25, 0.3) is 60.5 Å². The number of para-hydroxylation sites is 2. The summed E-state index contributed by atoms with van der Waals surface area (Å²) in [6.07, 6.45) is 0. The molecule has 0 amide bonds. The number of nitrogens with zero attached hydrogens (tertiary/aromatic N) is 2. The van der Waals surface area contributed by atoms with Crippen molar-refractivity contribution >= 4 is 49.6 Å². The zero-order valence-electron chi connectivity index (χ0n) is 26.4. The van der Waals surface area contributed by atoms with Crippen LogP contribution in [0.15, 0.2) is 194 Å². The summed E-state index contributed by atoms with van der Waals surface area (Å²) in [6, 6.07) is 69.9. The summed E-state index contributed by atoms with van der Waals surface area (Å²) >= 11 is 0. The van der Waals surface area contributed by atoms with Crippen LogP contribution in [0.1, 0.15) is 0 Å². The maximum atomic E-state index is 2.38. The Hall–Kier alpha value is -6.38. The normalized spacial score (nSPS) is 11.3. The monoisotopic (exact) mass is 612 g/mol. The second-order valence-electron chi connectivity index (χ2n) is 12.2. The van der Waals surface area contributed by atoms with Crippen LogP contribution in [0.3, 0.4) is 0 Å². The molecule has 0 bridgehead atoms. The lowest BCUT2D eigenvalue weighted by Crippen LogP contribution is -2.10. The van der Waals surface area contributed by atoms with Gasteiger partial charge in [0, 0.05) is 33.5 Å². The molecule has 1 aromatic heterocycles. The van der Waals surface area contributed by atoms with Crippen LogP contribution in [0.5, 0.6) is 0 Å². The number of anilines is 3. The second kappa shape index (κ2) is 11.8. The fraction of sp³-hybridized carbons (Fsp3) is 0. The summed E-state index contributed by atoms with van der Waals surface area (Å²) in [5, 5.41) is 4.96. The maximum Gasteiger partial charge on any atom is 0.0547 e. The van der Waals surface area contributed by atoms with Gasteiger partial charge in [0.25, 0.3) is 0 Å². The van der Waals surface area contributed by atoms with E-state index in [9.17, 15) is 0 Å². The maximum absolute atomic E-state index is 2.38. The zero-order valence-corrected chi connectivity index (χ0v) is 26.4. The molecule has 0 aliphatic carbocycles. The minimum atomic E-state index is 1.11. The number of hydrogen-bond donors (Lipinski definition) is 0. The Kier molecular flexibility index (Phi) is 6.84. The van der Waals surface area contributed by atoms with E-state index in [0.717, 1.165) is 22.7 Å². The molecule has 0 saturated carbocycles. The average Bonchev–Trinajstić information content (AvgIpc) is 3.50. The van der Waals surface area contributed by atoms with E-state index in [1.165, 1.54) is 54.8 Å². The highest BCUT2D eigenvalue weighted by atomic mass is 15.1. The molecule has 0 unspecified atom stereocenters. The number of fused-ring (bicyclic) bond motifs is 4. The molecule has 0 aliphatic heterocycles. The first-order valence-corrected chi connectivity index (χ1v) is 16.4. The highest BCUT2D eigenvalue weighted by Crippen LogP contribution is 2.42. The fourth-order valence-corrected chi connectivity index (χ4v) is 7.15. The average molecular weight is 613 g/mol. The Balaban J connectivity index is 1.25. The summed E-state index contributed by atoms with van der Waals surface area (Å²) in [7, 11) is 0. The zero-order chi connectivity index (χ0) is 31.9. The van der Waals surface area contributed by atoms with E-state index in [2.05, 4.69) is 204 Å². The molecule has 0 atom stereocenters. The molecule has 0 spiro atoms. The van der Waals surface area contributed by atoms with Gasteiger partial charge in [-0.25, -0.2) is 0 Å². The molecule has 226 valence electrons. The predicted octanol–water partition coefficient (Wildman–Crippen LogP) is 12.7. The van der Waals surface area contributed by atoms with E-state index in [0.29, 0.717) is 0 Å². The van der Waals surface area contributed by atoms with Gasteiger partial charge >= 0.3 is 0 Å². The Bertz CT molecular complexity index is 2560. The van der Waals surface area contributed by atoms with Crippen LogP contribution in [0.4, 0.5) is 17.1 Å². The molecule has 0 fully saturated rings. The van der Waals surface area contributed by atoms with Gasteiger partial charge in [0.15, 0.2) is 0 Å². The van der Waals surface area contributed by atoms with Crippen molar-refractivity contribution in [3.05, 3.63) is 194 Å². The van der Waals surface area contributed by atoms with E-state index in [4.69, 9.17) is 0 Å². The van der Waals surface area contributed by atoms with Crippen molar-refractivity contribution in [2.45, 2.75) is 0 Å². The fourth-order valence-electron chi connectivity index (χ4n) is 7.15. The van der Waals surface area contributed by atoms with Crippen molar-refractivity contribution in [3.63, 3.8) is 0 Å². The van der Waals surface area contributed by atoms with Crippen molar-refractivity contribution in [3.8, 4) is 27.9 Å². The highest BCUT2D eigenvalue weighted by Gasteiger charge is 2.18. The Morgan fingerprint density at radius 2 is 0.938 bits per heavy atom. The molecule has 9 rings (SSSR count). The van der Waals surface area contributed by atoms with Crippen LogP contribution in [-0.4, -0.2) is 4.57 Å². The van der Waals surface area contributed by atoms with Gasteiger partial charge in [-0.15, -0.1) is 0 Å². The van der Waals surface area contributed by atoms with Gasteiger partial charge in [0.05, 0.1) is 11.0 Å². The van der Waals surface area contributed by atoms with E-state index in [-0.39, 0.29) is 0 Å². The minimum Gasteiger partial charge on any atom is -0.310 e. The number of rotatable bonds is 6. The SMILES string of the molecule is c1ccc(-c2cccc(N(c3cccc(-c4cccc5c4c4ccccc4n5-c4ccccc4)c3)c3ccc4ccccc4c3)c2)cc1. The van der Waals surface area contributed by atoms with Crippen molar-refractivity contribution < 1.29 is 0 Å². The first kappa shape index (κ1) is 27.9. The Morgan fingerprint density at radius 3 is 1.75 bits per heavy atom. The molecule has 8 aromatic carbocycles. The summed E-state index contributed by atoms with van der Waals surface area (Å²) in [6.45, 7) is 0. The third-order valence-corrected chi connectivity index (χ3v) is 9.33. The largest absolute Gasteiger partial charge is 0.310 e. The summed E-state index contributed by atoms with van der Waals surface area (Å²) in [5.74, 6) is 0. The van der Waals surface area contributed by atoms with Crippen LogP contribution in [-0.2, 0) is 0 Å². The van der Waals surface area contributed by atoms with E-state index < -0.39 is 0 Å². The summed E-state index contributed by atoms with van der Waals surface area (Å²) in [4.78, 5) is 2.38. The molecular weight excluding hydrogens is 581 g/mol. The molecule has 2 nitrogen and oxygen atoms in total. The molecule has 0 aliphatic rings. The van der Waals surface area contributed by atoms with Crippen molar-refractivity contribution in [1.29, 1.82) is 0 Å². The predicted molar refractivity (Wildman–Crippen MR) is 204 cm³/mol. The first-order valence-electron chi connectivity index (χ1n) is 16.4. The lowest BCUT2D eigenvalue weighted by molar-refractivity contribution is 1.18. The number of aromatic nitrogens is 1. The lowest BCUT2D eigenvalue weighted by Gasteiger charge is -2.27. The van der Waals surface area contributed by atoms with Gasteiger partial charge < -0.3 is 9.47 Å². The van der Waals surface area contributed by atoms with Gasteiger partial charge in [-0.3, -0.25) is 0 Å². The Morgan fingerprint density at radius 1 is 0.354 bits per heavy atom. The number of hydrogen-bond acceptors (Lipinski definition) is 1. The van der Waals surface area contributed by atoms with Crippen LogP contribution in [0, 0.1) is 0 Å². The molecule has 0 radical (unpaired) electrons. The quantitative estimate of drug-likeness (QED) is 0.181. The first-order chi connectivity index (χ1) is 23.8. The third-order valence-electron chi connectivity index (χ3n) is 9.33. The topological polar surface area (TPSA) is 8.17 Å². The molecular formula is C46H32N2. The smallest absolute Gasteiger partial charge is 0.0547 e. The van der Waals surface area contributed by atoms with Gasteiger partial charge in [0.1, 0.15) is 0 Å². The van der Waals surface area contributed by atoms with Crippen LogP contribution in [0.2, 0.25) is 0 Å². The second-order valence-corrected chi connectivity index (χ2v) is 12.2. The number of benzene rings is 8. The van der Waals surface area contributed by atoms with Gasteiger partial charge in [-0.05, 0) is 93.7 Å². The van der Waals surface area contributed by atoms with Crippen molar-refractivity contribution in [1.82, 2.24) is 4.57 Å². The standard InChI is InChI=1S/C46H32N2/c1-3-14-33(15-4-1)36-18-11-22-39(30-36)47(41-29-28-34-16-7-8-17-35(34)31-41)40-23-12-19-37(32-40)42-25-13-27-45-46(42)43-24-9-10-26-44(43)48(45)38-20-5-2-6-21-38/h1-32H. The molecule has 0 saturated heterocycles. The molecule has 48 heavy (non-hydrogen) atoms. The van der Waals surface area contributed by atoms with E-state index in [1.54, 1.807) is 0 Å². The Labute approximate surface area is 280 Å². The van der Waals surface area contributed by atoms with Crippen molar-refractivity contribution in [2.75, 3.05) is 4.90 Å². The van der Waals surface area contributed by atoms with Crippen LogP contribution < -0.4 is 4.90 Å². The van der Waals surface area contributed by atoms with Gasteiger partial charge in [-0.2, -0.15) is 0 Å². The summed E-state index contributed by atoms with van der Waals surface area (Å²) < 4.78 is 2.38. The summed E-state index contributed by atoms with van der Waals surface area (Å²) in [5.41, 5.74) is 11.7.